The Hall–Kier alpha value is -1.32. The lowest BCUT2D eigenvalue weighted by atomic mass is 9.54. The van der Waals surface area contributed by atoms with Crippen molar-refractivity contribution in [3.8, 4) is 0 Å². The van der Waals surface area contributed by atoms with E-state index in [1.54, 1.807) is 0 Å². The Morgan fingerprint density at radius 2 is 0.938 bits per heavy atom. The predicted molar refractivity (Wildman–Crippen MR) is 133 cm³/mol. The second kappa shape index (κ2) is 16.3. The van der Waals surface area contributed by atoms with Gasteiger partial charge in [0, 0.05) is 0 Å². The van der Waals surface area contributed by atoms with E-state index in [4.69, 9.17) is 0 Å². The third-order valence-electron chi connectivity index (χ3n) is 7.89. The molecule has 2 unspecified atom stereocenters. The minimum absolute atomic E-state index is 0.323. The van der Waals surface area contributed by atoms with Crippen molar-refractivity contribution in [2.45, 2.75) is 142 Å². The molecule has 1 rings (SSSR count). The fourth-order valence-electron chi connectivity index (χ4n) is 5.60. The highest BCUT2D eigenvalue weighted by molar-refractivity contribution is 5.87. The second-order valence-electron chi connectivity index (χ2n) is 10.1. The molecule has 0 spiro atoms. The maximum absolute atomic E-state index is 12.2. The van der Waals surface area contributed by atoms with Crippen LogP contribution in [0.1, 0.15) is 142 Å². The maximum atomic E-state index is 12.2. The number of unbranched alkanes of at least 4 members (excludes halogenated alkanes) is 15. The fourth-order valence-corrected chi connectivity index (χ4v) is 5.60. The van der Waals surface area contributed by atoms with Gasteiger partial charge in [-0.25, -0.2) is 0 Å². The number of aliphatic carboxylic acids is 2. The molecule has 0 amide bonds. The van der Waals surface area contributed by atoms with E-state index in [-0.39, 0.29) is 0 Å². The van der Waals surface area contributed by atoms with E-state index in [9.17, 15) is 19.8 Å². The molecule has 4 nitrogen and oxygen atoms in total. The topological polar surface area (TPSA) is 74.6 Å². The average Bonchev–Trinajstić information content (AvgIpc) is 2.78. The van der Waals surface area contributed by atoms with E-state index in [0.717, 1.165) is 19.3 Å². The highest BCUT2D eigenvalue weighted by Gasteiger charge is 2.59. The van der Waals surface area contributed by atoms with Gasteiger partial charge < -0.3 is 10.2 Å². The monoisotopic (exact) mass is 450 g/mol. The summed E-state index contributed by atoms with van der Waals surface area (Å²) in [7, 11) is 0. The molecule has 2 atom stereocenters. The van der Waals surface area contributed by atoms with Crippen molar-refractivity contribution < 1.29 is 19.8 Å². The summed E-state index contributed by atoms with van der Waals surface area (Å²) in [6.07, 6.45) is 25.7. The molecule has 2 N–H and O–H groups in total. The third-order valence-corrected chi connectivity index (χ3v) is 7.89. The molecule has 0 aromatic heterocycles. The predicted octanol–water partition coefficient (Wildman–Crippen LogP) is 8.54. The lowest BCUT2D eigenvalue weighted by Crippen LogP contribution is -2.53. The van der Waals surface area contributed by atoms with Crippen LogP contribution in [0, 0.1) is 10.8 Å². The minimum Gasteiger partial charge on any atom is -0.481 e. The van der Waals surface area contributed by atoms with E-state index in [0.29, 0.717) is 25.7 Å². The molecule has 0 aromatic rings. The molecule has 0 aliphatic heterocycles. The first-order chi connectivity index (χ1) is 15.5. The number of carboxylic acids is 2. The largest absolute Gasteiger partial charge is 0.481 e. The molecule has 32 heavy (non-hydrogen) atoms. The van der Waals surface area contributed by atoms with Gasteiger partial charge in [-0.1, -0.05) is 129 Å². The molecule has 0 fully saturated rings. The number of carboxylic acid groups (broad SMARTS) is 2. The van der Waals surface area contributed by atoms with E-state index in [2.05, 4.69) is 6.92 Å². The zero-order valence-corrected chi connectivity index (χ0v) is 21.0. The third kappa shape index (κ3) is 8.56. The summed E-state index contributed by atoms with van der Waals surface area (Å²) >= 11 is 0. The summed E-state index contributed by atoms with van der Waals surface area (Å²) in [5.74, 6) is -1.89. The zero-order chi connectivity index (χ0) is 23.7. The molecule has 186 valence electrons. The van der Waals surface area contributed by atoms with Crippen LogP contribution in [-0.4, -0.2) is 22.2 Å². The molecule has 0 saturated carbocycles. The Labute approximate surface area is 197 Å². The molecule has 0 heterocycles. The van der Waals surface area contributed by atoms with Gasteiger partial charge in [-0.2, -0.15) is 0 Å². The van der Waals surface area contributed by atoms with Crippen molar-refractivity contribution in [3.05, 3.63) is 12.2 Å². The standard InChI is InChI=1S/C28H50O4/c1-3-5-6-7-8-9-10-11-12-13-14-15-16-17-18-19-23-28(26(31)32)24-21-20-22-27(28,4-2)25(29)30/h20-21H,3-19,22-24H2,1-2H3,(H,29,30)(H,31,32). The first-order valence-corrected chi connectivity index (χ1v) is 13.6. The van der Waals surface area contributed by atoms with Crippen LogP contribution in [0.5, 0.6) is 0 Å². The highest BCUT2D eigenvalue weighted by atomic mass is 16.4. The van der Waals surface area contributed by atoms with Gasteiger partial charge in [0.15, 0.2) is 0 Å². The first kappa shape index (κ1) is 28.7. The summed E-state index contributed by atoms with van der Waals surface area (Å²) in [5, 5.41) is 19.9. The minimum atomic E-state index is -1.18. The van der Waals surface area contributed by atoms with Gasteiger partial charge in [0.05, 0.1) is 10.8 Å². The van der Waals surface area contributed by atoms with Gasteiger partial charge in [0.1, 0.15) is 0 Å². The lowest BCUT2D eigenvalue weighted by molar-refractivity contribution is -0.176. The number of hydrogen-bond donors (Lipinski definition) is 2. The fraction of sp³-hybridized carbons (Fsp3) is 0.857. The van der Waals surface area contributed by atoms with E-state index >= 15 is 0 Å². The SMILES string of the molecule is CCCCCCCCCCCCCCCCCCC1(C(=O)O)CC=CCC1(CC)C(=O)O. The van der Waals surface area contributed by atoms with Crippen LogP contribution in [0.25, 0.3) is 0 Å². The van der Waals surface area contributed by atoms with E-state index in [1.807, 2.05) is 19.1 Å². The maximum Gasteiger partial charge on any atom is 0.311 e. The second-order valence-corrected chi connectivity index (χ2v) is 10.1. The van der Waals surface area contributed by atoms with Crippen LogP contribution in [-0.2, 0) is 9.59 Å². The number of rotatable bonds is 20. The molecule has 0 saturated heterocycles. The van der Waals surface area contributed by atoms with Crippen LogP contribution in [0.3, 0.4) is 0 Å². The van der Waals surface area contributed by atoms with Gasteiger partial charge in [0.25, 0.3) is 0 Å². The van der Waals surface area contributed by atoms with E-state index in [1.165, 1.54) is 83.5 Å². The molecule has 0 bridgehead atoms. The van der Waals surface area contributed by atoms with Crippen molar-refractivity contribution in [1.82, 2.24) is 0 Å². The molecule has 0 radical (unpaired) electrons. The number of allylic oxidation sites excluding steroid dienone is 2. The smallest absolute Gasteiger partial charge is 0.311 e. The summed E-state index contributed by atoms with van der Waals surface area (Å²) in [6, 6.07) is 0. The summed E-state index contributed by atoms with van der Waals surface area (Å²) in [4.78, 5) is 24.4. The van der Waals surface area contributed by atoms with Crippen LogP contribution < -0.4 is 0 Å². The summed E-state index contributed by atoms with van der Waals surface area (Å²) in [6.45, 7) is 4.08. The number of carbonyl (C=O) groups is 2. The average molecular weight is 451 g/mol. The highest BCUT2D eigenvalue weighted by Crippen LogP contribution is 2.54. The summed E-state index contributed by atoms with van der Waals surface area (Å²) < 4.78 is 0. The Bertz CT molecular complexity index is 556. The van der Waals surface area contributed by atoms with Crippen molar-refractivity contribution in [1.29, 1.82) is 0 Å². The quantitative estimate of drug-likeness (QED) is 0.144. The van der Waals surface area contributed by atoms with Gasteiger partial charge in [-0.3, -0.25) is 9.59 Å². The normalized spacial score (nSPS) is 22.8. The molecule has 1 aliphatic carbocycles. The van der Waals surface area contributed by atoms with E-state index < -0.39 is 22.8 Å². The molecule has 4 heteroatoms. The van der Waals surface area contributed by atoms with Gasteiger partial charge in [0.2, 0.25) is 0 Å². The van der Waals surface area contributed by atoms with Crippen LogP contribution in [0.4, 0.5) is 0 Å². The Kier molecular flexibility index (Phi) is 14.6. The molecular weight excluding hydrogens is 400 g/mol. The van der Waals surface area contributed by atoms with Crippen LogP contribution >= 0.6 is 0 Å². The van der Waals surface area contributed by atoms with Crippen molar-refractivity contribution in [2.24, 2.45) is 10.8 Å². The summed E-state index contributed by atoms with van der Waals surface area (Å²) in [5.41, 5.74) is -2.35. The first-order valence-electron chi connectivity index (χ1n) is 13.6. The van der Waals surface area contributed by atoms with Gasteiger partial charge >= 0.3 is 11.9 Å². The lowest BCUT2D eigenvalue weighted by Gasteiger charge is -2.46. The Morgan fingerprint density at radius 3 is 1.28 bits per heavy atom. The van der Waals surface area contributed by atoms with Crippen molar-refractivity contribution in [3.63, 3.8) is 0 Å². The van der Waals surface area contributed by atoms with Gasteiger partial charge in [-0.15, -0.1) is 0 Å². The molecular formula is C28H50O4. The Morgan fingerprint density at radius 1 is 0.594 bits per heavy atom. The number of hydrogen-bond acceptors (Lipinski definition) is 2. The van der Waals surface area contributed by atoms with Crippen LogP contribution in [0.15, 0.2) is 12.2 Å². The van der Waals surface area contributed by atoms with Crippen molar-refractivity contribution in [2.75, 3.05) is 0 Å². The van der Waals surface area contributed by atoms with Crippen LogP contribution in [0.2, 0.25) is 0 Å². The van der Waals surface area contributed by atoms with Crippen molar-refractivity contribution >= 4 is 11.9 Å². The zero-order valence-electron chi connectivity index (χ0n) is 21.0. The molecule has 0 aromatic carbocycles. The van der Waals surface area contributed by atoms with Gasteiger partial charge in [-0.05, 0) is 25.7 Å². The molecule has 1 aliphatic rings. The Balaban J connectivity index is 2.16.